The Bertz CT molecular complexity index is 798. The number of halogens is 2. The Labute approximate surface area is 207 Å². The highest BCUT2D eigenvalue weighted by Crippen LogP contribution is 2.34. The van der Waals surface area contributed by atoms with Gasteiger partial charge in [0.05, 0.1) is 0 Å². The van der Waals surface area contributed by atoms with Crippen LogP contribution in [0.25, 0.3) is 0 Å². The Hall–Kier alpha value is -1.66. The van der Waals surface area contributed by atoms with Gasteiger partial charge in [-0.15, -0.1) is 0 Å². The molecule has 0 aromatic heterocycles. The van der Waals surface area contributed by atoms with Crippen LogP contribution in [0.1, 0.15) is 67.2 Å². The largest absolute Gasteiger partial charge is 0.550 e. The molecule has 0 radical (unpaired) electrons. The summed E-state index contributed by atoms with van der Waals surface area (Å²) in [6, 6.07) is 16.1. The number of unbranched alkanes of at least 4 members (excludes halogenated alkanes) is 4. The van der Waals surface area contributed by atoms with Crippen LogP contribution in [0.3, 0.4) is 0 Å². The minimum atomic E-state index is -1.02. The van der Waals surface area contributed by atoms with Crippen molar-refractivity contribution >= 4 is 43.8 Å². The van der Waals surface area contributed by atoms with Gasteiger partial charge in [-0.3, -0.25) is 0 Å². The molecule has 2 rings (SSSR count). The first kappa shape index (κ1) is 26.6. The van der Waals surface area contributed by atoms with Crippen molar-refractivity contribution < 1.29 is 19.8 Å². The molecule has 0 heterocycles. The maximum absolute atomic E-state index is 12.5. The van der Waals surface area contributed by atoms with E-state index in [0.717, 1.165) is 58.6 Å². The van der Waals surface area contributed by atoms with Crippen LogP contribution in [-0.2, 0) is 33.1 Å². The summed E-state index contributed by atoms with van der Waals surface area (Å²) in [5.74, 6) is -2.03. The molecule has 0 unspecified atom stereocenters. The third-order valence-electron chi connectivity index (χ3n) is 5.91. The fraction of sp³-hybridized carbons (Fsp3) is 0.462. The van der Waals surface area contributed by atoms with Gasteiger partial charge in [0.25, 0.3) is 0 Å². The van der Waals surface area contributed by atoms with E-state index in [1.807, 2.05) is 48.5 Å². The smallest absolute Gasteiger partial charge is 0.0482 e. The van der Waals surface area contributed by atoms with E-state index in [2.05, 4.69) is 31.9 Å². The maximum atomic E-state index is 12.5. The lowest BCUT2D eigenvalue weighted by Gasteiger charge is -2.36. The van der Waals surface area contributed by atoms with Gasteiger partial charge in [-0.2, -0.15) is 0 Å². The Balaban J connectivity index is 2.13. The van der Waals surface area contributed by atoms with Crippen LogP contribution >= 0.6 is 31.9 Å². The second kappa shape index (κ2) is 13.8. The van der Waals surface area contributed by atoms with Crippen molar-refractivity contribution in [2.75, 3.05) is 0 Å². The fourth-order valence-electron chi connectivity index (χ4n) is 4.02. The molecule has 0 aliphatic carbocycles. The standard InChI is InChI=1S/C26H32Br2O4/c27-18-22-11-7-20(8-12-22)16-26(25(31)32,15-5-3-1-2-4-6-24(29)30)17-21-9-13-23(19-28)14-10-21/h7-14H,1-6,15-19H2,(H,29,30)(H,31,32)/p-2. The van der Waals surface area contributed by atoms with Gasteiger partial charge in [0.15, 0.2) is 0 Å². The molecule has 6 heteroatoms. The quantitative estimate of drug-likeness (QED) is 0.235. The summed E-state index contributed by atoms with van der Waals surface area (Å²) in [6.07, 6.45) is 5.38. The predicted molar refractivity (Wildman–Crippen MR) is 130 cm³/mol. The van der Waals surface area contributed by atoms with E-state index in [1.54, 1.807) is 0 Å². The number of carbonyl (C=O) groups excluding carboxylic acids is 2. The second-order valence-corrected chi connectivity index (χ2v) is 9.58. The molecule has 0 saturated heterocycles. The van der Waals surface area contributed by atoms with Gasteiger partial charge in [-0.1, -0.05) is 106 Å². The lowest BCUT2D eigenvalue weighted by atomic mass is 9.72. The van der Waals surface area contributed by atoms with Crippen LogP contribution in [0.5, 0.6) is 0 Å². The number of carboxylic acid groups (broad SMARTS) is 2. The molecule has 174 valence electrons. The lowest BCUT2D eigenvalue weighted by Crippen LogP contribution is -2.45. The molecule has 0 aliphatic rings. The van der Waals surface area contributed by atoms with Crippen LogP contribution in [0.15, 0.2) is 48.5 Å². The van der Waals surface area contributed by atoms with E-state index in [1.165, 1.54) is 0 Å². The van der Waals surface area contributed by atoms with Crippen molar-refractivity contribution in [3.63, 3.8) is 0 Å². The van der Waals surface area contributed by atoms with Crippen molar-refractivity contribution in [1.82, 2.24) is 0 Å². The van der Waals surface area contributed by atoms with E-state index >= 15 is 0 Å². The minimum absolute atomic E-state index is 0.0811. The third kappa shape index (κ3) is 8.70. The predicted octanol–water partition coefficient (Wildman–Crippen LogP) is 4.48. The van der Waals surface area contributed by atoms with Crippen molar-refractivity contribution in [2.45, 2.75) is 68.4 Å². The Morgan fingerprint density at radius 1 is 0.656 bits per heavy atom. The molecular weight excluding hydrogens is 536 g/mol. The van der Waals surface area contributed by atoms with Crippen LogP contribution < -0.4 is 10.2 Å². The topological polar surface area (TPSA) is 80.3 Å². The summed E-state index contributed by atoms with van der Waals surface area (Å²) in [5.41, 5.74) is 3.29. The van der Waals surface area contributed by atoms with Gasteiger partial charge in [-0.25, -0.2) is 0 Å². The van der Waals surface area contributed by atoms with Crippen LogP contribution in [-0.4, -0.2) is 11.9 Å². The molecule has 0 saturated carbocycles. The number of hydrogen-bond acceptors (Lipinski definition) is 4. The minimum Gasteiger partial charge on any atom is -0.550 e. The molecule has 0 bridgehead atoms. The Morgan fingerprint density at radius 3 is 1.47 bits per heavy atom. The summed E-state index contributed by atoms with van der Waals surface area (Å²) in [7, 11) is 0. The molecular formula is C26H30Br2O4-2. The van der Waals surface area contributed by atoms with Crippen molar-refractivity contribution in [3.8, 4) is 0 Å². The van der Waals surface area contributed by atoms with Gasteiger partial charge < -0.3 is 19.8 Å². The zero-order chi connectivity index (χ0) is 23.4. The van der Waals surface area contributed by atoms with E-state index in [4.69, 9.17) is 0 Å². The fourth-order valence-corrected chi connectivity index (χ4v) is 4.77. The van der Waals surface area contributed by atoms with E-state index in [-0.39, 0.29) is 6.42 Å². The summed E-state index contributed by atoms with van der Waals surface area (Å²) in [4.78, 5) is 23.1. The molecule has 0 fully saturated rings. The first-order valence-electron chi connectivity index (χ1n) is 11.1. The molecule has 4 nitrogen and oxygen atoms in total. The molecule has 32 heavy (non-hydrogen) atoms. The number of hydrogen-bond donors (Lipinski definition) is 0. The van der Waals surface area contributed by atoms with E-state index in [9.17, 15) is 19.8 Å². The highest BCUT2D eigenvalue weighted by Gasteiger charge is 2.32. The number of carboxylic acids is 2. The van der Waals surface area contributed by atoms with Gasteiger partial charge in [-0.05, 0) is 54.4 Å². The Kier molecular flexibility index (Phi) is 11.5. The number of aliphatic carboxylic acids is 2. The summed E-state index contributed by atoms with van der Waals surface area (Å²) in [5, 5.41) is 24.6. The SMILES string of the molecule is O=C([O-])CCCCCCCC(Cc1ccc(CBr)cc1)(Cc1ccc(CBr)cc1)C(=O)[O-]. The van der Waals surface area contributed by atoms with Crippen molar-refractivity contribution in [3.05, 3.63) is 70.8 Å². The second-order valence-electron chi connectivity index (χ2n) is 8.46. The normalized spacial score (nSPS) is 11.4. The third-order valence-corrected chi connectivity index (χ3v) is 7.20. The average molecular weight is 566 g/mol. The Morgan fingerprint density at radius 2 is 1.06 bits per heavy atom. The van der Waals surface area contributed by atoms with Crippen molar-refractivity contribution in [2.24, 2.45) is 5.41 Å². The summed E-state index contributed by atoms with van der Waals surface area (Å²) >= 11 is 6.89. The van der Waals surface area contributed by atoms with E-state index in [0.29, 0.717) is 25.7 Å². The zero-order valence-corrected chi connectivity index (χ0v) is 21.5. The molecule has 0 amide bonds. The first-order valence-corrected chi connectivity index (χ1v) is 13.3. The molecule has 0 aliphatic heterocycles. The highest BCUT2D eigenvalue weighted by atomic mass is 79.9. The molecule has 0 spiro atoms. The monoisotopic (exact) mass is 564 g/mol. The molecule has 0 atom stereocenters. The zero-order valence-electron chi connectivity index (χ0n) is 18.3. The highest BCUT2D eigenvalue weighted by molar-refractivity contribution is 9.08. The van der Waals surface area contributed by atoms with Crippen LogP contribution in [0.4, 0.5) is 0 Å². The number of carbonyl (C=O) groups is 2. The summed E-state index contributed by atoms with van der Waals surface area (Å²) in [6.45, 7) is 0. The van der Waals surface area contributed by atoms with Crippen molar-refractivity contribution in [1.29, 1.82) is 0 Å². The number of rotatable bonds is 15. The van der Waals surface area contributed by atoms with Gasteiger partial charge >= 0.3 is 0 Å². The number of alkyl halides is 2. The van der Waals surface area contributed by atoms with Crippen LogP contribution in [0, 0.1) is 5.41 Å². The van der Waals surface area contributed by atoms with E-state index < -0.39 is 17.4 Å². The molecule has 0 N–H and O–H groups in total. The molecule has 2 aromatic rings. The number of benzene rings is 2. The lowest BCUT2D eigenvalue weighted by molar-refractivity contribution is -0.320. The summed E-state index contributed by atoms with van der Waals surface area (Å²) < 4.78 is 0. The maximum Gasteiger partial charge on any atom is 0.0482 e. The van der Waals surface area contributed by atoms with Crippen LogP contribution in [0.2, 0.25) is 0 Å². The first-order chi connectivity index (χ1) is 15.4. The van der Waals surface area contributed by atoms with Gasteiger partial charge in [0.1, 0.15) is 0 Å². The van der Waals surface area contributed by atoms with Gasteiger partial charge in [0, 0.05) is 28.0 Å². The molecule has 2 aromatic carbocycles. The van der Waals surface area contributed by atoms with Gasteiger partial charge in [0.2, 0.25) is 0 Å². The average Bonchev–Trinajstić information content (AvgIpc) is 2.79.